The number of nitrogens with one attached hydrogen (secondary N) is 1. The Kier molecular flexibility index (Phi) is 8.33. The molecule has 3 rings (SSSR count). The van der Waals surface area contributed by atoms with Gasteiger partial charge in [0.15, 0.2) is 29.6 Å². The van der Waals surface area contributed by atoms with Crippen molar-refractivity contribution < 1.29 is 42.9 Å². The minimum absolute atomic E-state index is 0.106. The summed E-state index contributed by atoms with van der Waals surface area (Å²) in [4.78, 5) is 35.2. The zero-order valence-electron chi connectivity index (χ0n) is 19.3. The number of benzene rings is 2. The maximum absolute atomic E-state index is 12.3. The summed E-state index contributed by atoms with van der Waals surface area (Å²) in [5.74, 6) is 0.202. The van der Waals surface area contributed by atoms with Crippen LogP contribution in [0.4, 0.5) is 11.4 Å². The second-order valence-corrected chi connectivity index (χ2v) is 7.06. The van der Waals surface area contributed by atoms with Crippen molar-refractivity contribution in [3.05, 3.63) is 46.0 Å². The molecule has 2 aromatic rings. The maximum atomic E-state index is 12.3. The molecule has 1 amide bonds. The van der Waals surface area contributed by atoms with Gasteiger partial charge in [0, 0.05) is 30.2 Å². The van der Waals surface area contributed by atoms with Crippen LogP contribution in [0.2, 0.25) is 0 Å². The van der Waals surface area contributed by atoms with Gasteiger partial charge < -0.3 is 33.7 Å². The highest BCUT2D eigenvalue weighted by Crippen LogP contribution is 2.39. The Morgan fingerprint density at radius 1 is 1.00 bits per heavy atom. The highest BCUT2D eigenvalue weighted by atomic mass is 16.6. The average Bonchev–Trinajstić information content (AvgIpc) is 3.09. The van der Waals surface area contributed by atoms with Gasteiger partial charge in [0.05, 0.1) is 45.5 Å². The average molecular weight is 488 g/mol. The largest absolute Gasteiger partial charge is 0.496 e. The number of methoxy groups -OCH3 is 3. The van der Waals surface area contributed by atoms with Crippen LogP contribution in [0.15, 0.2) is 30.3 Å². The van der Waals surface area contributed by atoms with Crippen molar-refractivity contribution in [2.24, 2.45) is 0 Å². The van der Waals surface area contributed by atoms with E-state index in [0.29, 0.717) is 42.4 Å². The number of anilines is 1. The number of hydrogen-bond donors (Lipinski definition) is 1. The molecule has 0 saturated carbocycles. The third-order valence-corrected chi connectivity index (χ3v) is 4.82. The first kappa shape index (κ1) is 25.1. The van der Waals surface area contributed by atoms with Gasteiger partial charge in [-0.25, -0.2) is 4.79 Å². The summed E-state index contributed by atoms with van der Waals surface area (Å²) in [5.41, 5.74) is 0.0228. The Bertz CT molecular complexity index is 1150. The predicted molar refractivity (Wildman–Crippen MR) is 123 cm³/mol. The van der Waals surface area contributed by atoms with Crippen molar-refractivity contribution >= 4 is 29.3 Å². The summed E-state index contributed by atoms with van der Waals surface area (Å²) in [7, 11) is 4.41. The molecule has 2 aromatic carbocycles. The van der Waals surface area contributed by atoms with Gasteiger partial charge in [-0.3, -0.25) is 14.9 Å². The van der Waals surface area contributed by atoms with E-state index in [1.54, 1.807) is 12.1 Å². The number of amides is 1. The molecule has 1 aliphatic rings. The molecule has 0 aliphatic carbocycles. The minimum atomic E-state index is -0.815. The molecule has 0 radical (unpaired) electrons. The zero-order valence-corrected chi connectivity index (χ0v) is 19.3. The van der Waals surface area contributed by atoms with Crippen LogP contribution in [0.3, 0.4) is 0 Å². The van der Waals surface area contributed by atoms with Crippen molar-refractivity contribution in [3.63, 3.8) is 0 Å². The lowest BCUT2D eigenvalue weighted by molar-refractivity contribution is -0.384. The van der Waals surface area contributed by atoms with E-state index >= 15 is 0 Å². The number of esters is 1. The van der Waals surface area contributed by atoms with Crippen LogP contribution in [0.5, 0.6) is 28.7 Å². The third-order valence-electron chi connectivity index (χ3n) is 4.82. The van der Waals surface area contributed by atoms with Gasteiger partial charge in [-0.05, 0) is 12.1 Å². The normalized spacial score (nSPS) is 12.4. The summed E-state index contributed by atoms with van der Waals surface area (Å²) in [5, 5.41) is 13.8. The molecule has 0 saturated heterocycles. The third kappa shape index (κ3) is 6.31. The molecule has 12 nitrogen and oxygen atoms in total. The molecule has 0 unspecified atom stereocenters. The van der Waals surface area contributed by atoms with Crippen LogP contribution in [0, 0.1) is 10.1 Å². The number of hydrogen-bond acceptors (Lipinski definition) is 10. The van der Waals surface area contributed by atoms with Gasteiger partial charge in [0.2, 0.25) is 0 Å². The second kappa shape index (κ2) is 11.6. The standard InChI is InChI=1S/C23H24N2O10/c1-30-17-12-19(32-3)18(31-2)9-14(17)5-6-23(27)35-13-22(26)24-15-10-20-21(11-16(15)25(28)29)34-8-4-7-33-20/h5-6,9-12H,4,7-8,13H2,1-3H3,(H,24,26)/b6-5+. The Morgan fingerprint density at radius 2 is 1.63 bits per heavy atom. The van der Waals surface area contributed by atoms with Crippen molar-refractivity contribution in [2.45, 2.75) is 6.42 Å². The van der Waals surface area contributed by atoms with E-state index in [4.69, 9.17) is 28.4 Å². The van der Waals surface area contributed by atoms with Crippen LogP contribution < -0.4 is 29.0 Å². The number of nitrogens with zero attached hydrogens (tertiary/aromatic N) is 1. The SMILES string of the molecule is COc1cc(OC)c(OC)cc1/C=C/C(=O)OCC(=O)Nc1cc2c(cc1[N+](=O)[O-])OCCCO2. The van der Waals surface area contributed by atoms with Crippen molar-refractivity contribution in [3.8, 4) is 28.7 Å². The highest BCUT2D eigenvalue weighted by Gasteiger charge is 2.23. The highest BCUT2D eigenvalue weighted by molar-refractivity contribution is 5.96. The fourth-order valence-corrected chi connectivity index (χ4v) is 3.16. The van der Waals surface area contributed by atoms with Gasteiger partial charge in [0.25, 0.3) is 11.6 Å². The summed E-state index contributed by atoms with van der Waals surface area (Å²) in [6, 6.07) is 5.69. The van der Waals surface area contributed by atoms with Crippen molar-refractivity contribution in [1.29, 1.82) is 0 Å². The molecule has 1 N–H and O–H groups in total. The maximum Gasteiger partial charge on any atom is 0.331 e. The lowest BCUT2D eigenvalue weighted by Crippen LogP contribution is -2.20. The molecule has 0 spiro atoms. The topological polar surface area (TPSA) is 145 Å². The van der Waals surface area contributed by atoms with E-state index in [9.17, 15) is 19.7 Å². The summed E-state index contributed by atoms with van der Waals surface area (Å²) in [6.45, 7) is 0.0549. The minimum Gasteiger partial charge on any atom is -0.496 e. The first-order valence-electron chi connectivity index (χ1n) is 10.4. The van der Waals surface area contributed by atoms with Crippen LogP contribution in [-0.4, -0.2) is 57.9 Å². The van der Waals surface area contributed by atoms with E-state index in [1.165, 1.54) is 39.5 Å². The van der Waals surface area contributed by atoms with Crippen molar-refractivity contribution in [1.82, 2.24) is 0 Å². The first-order chi connectivity index (χ1) is 16.9. The quantitative estimate of drug-likeness (QED) is 0.242. The Hall–Kier alpha value is -4.48. The fourth-order valence-electron chi connectivity index (χ4n) is 3.16. The van der Waals surface area contributed by atoms with Gasteiger partial charge in [0.1, 0.15) is 11.4 Å². The molecule has 12 heteroatoms. The van der Waals surface area contributed by atoms with E-state index < -0.39 is 23.4 Å². The van der Waals surface area contributed by atoms with E-state index in [2.05, 4.69) is 5.32 Å². The second-order valence-electron chi connectivity index (χ2n) is 7.06. The molecule has 0 atom stereocenters. The Labute approximate surface area is 200 Å². The number of carbonyl (C=O) groups is 2. The zero-order chi connectivity index (χ0) is 25.4. The van der Waals surface area contributed by atoms with Crippen LogP contribution in [0.25, 0.3) is 6.08 Å². The lowest BCUT2D eigenvalue weighted by Gasteiger charge is -2.12. The molecule has 35 heavy (non-hydrogen) atoms. The fraction of sp³-hybridized carbons (Fsp3) is 0.304. The first-order valence-corrected chi connectivity index (χ1v) is 10.4. The van der Waals surface area contributed by atoms with Crippen molar-refractivity contribution in [2.75, 3.05) is 46.5 Å². The number of nitro benzene ring substituents is 1. The summed E-state index contributed by atoms with van der Waals surface area (Å²) in [6.07, 6.45) is 3.14. The predicted octanol–water partition coefficient (Wildman–Crippen LogP) is 2.98. The molecule has 1 heterocycles. The number of fused-ring (bicyclic) bond motifs is 1. The summed E-state index contributed by atoms with van der Waals surface area (Å²) >= 11 is 0. The van der Waals surface area contributed by atoms with Gasteiger partial charge >= 0.3 is 5.97 Å². The van der Waals surface area contributed by atoms with E-state index in [-0.39, 0.29) is 22.9 Å². The number of carbonyl (C=O) groups excluding carboxylic acids is 2. The number of ether oxygens (including phenoxy) is 6. The van der Waals surface area contributed by atoms with Gasteiger partial charge in [-0.15, -0.1) is 0 Å². The van der Waals surface area contributed by atoms with Crippen LogP contribution >= 0.6 is 0 Å². The lowest BCUT2D eigenvalue weighted by atomic mass is 10.1. The van der Waals surface area contributed by atoms with Gasteiger partial charge in [-0.2, -0.15) is 0 Å². The molecule has 0 fully saturated rings. The molecule has 186 valence electrons. The molecule has 0 aromatic heterocycles. The molecule has 0 bridgehead atoms. The van der Waals surface area contributed by atoms with E-state index in [0.717, 1.165) is 6.08 Å². The molecular weight excluding hydrogens is 464 g/mol. The Morgan fingerprint density at radius 3 is 2.26 bits per heavy atom. The molecule has 1 aliphatic heterocycles. The van der Waals surface area contributed by atoms with Gasteiger partial charge in [-0.1, -0.05) is 0 Å². The smallest absolute Gasteiger partial charge is 0.331 e. The van der Waals surface area contributed by atoms with Crippen LogP contribution in [-0.2, 0) is 14.3 Å². The monoisotopic (exact) mass is 488 g/mol. The van der Waals surface area contributed by atoms with Crippen LogP contribution in [0.1, 0.15) is 12.0 Å². The number of rotatable bonds is 9. The summed E-state index contributed by atoms with van der Waals surface area (Å²) < 4.78 is 31.6. The Balaban J connectivity index is 1.65. The van der Waals surface area contributed by atoms with E-state index in [1.807, 2.05) is 0 Å². The number of nitro groups is 1. The molecular formula is C23H24N2O10.